The summed E-state index contributed by atoms with van der Waals surface area (Å²) in [4.78, 5) is 10.1. The van der Waals surface area contributed by atoms with Gasteiger partial charge in [0.1, 0.15) is 5.75 Å². The number of carboxylic acids is 1. The molecule has 1 aromatic rings. The molecule has 0 unspecified atom stereocenters. The van der Waals surface area contributed by atoms with Gasteiger partial charge in [0.2, 0.25) is 0 Å². The van der Waals surface area contributed by atoms with Crippen LogP contribution < -0.4 is 68.4 Å². The van der Waals surface area contributed by atoms with E-state index in [1.54, 1.807) is 0 Å². The molecule has 0 aromatic heterocycles. The van der Waals surface area contributed by atoms with Crippen LogP contribution in [0, 0.1) is 0 Å². The van der Waals surface area contributed by atoms with Gasteiger partial charge < -0.3 is 18.6 Å². The number of rotatable bonds is 4. The summed E-state index contributed by atoms with van der Waals surface area (Å²) in [5.74, 6) is -1.48. The number of carbonyl (C=O) groups excluding carboxylic acids is 1. The molecule has 0 spiro atoms. The van der Waals surface area contributed by atoms with E-state index in [1.165, 1.54) is 30.3 Å². The first-order valence-corrected chi connectivity index (χ1v) is 5.34. The van der Waals surface area contributed by atoms with Gasteiger partial charge >= 0.3 is 59.1 Å². The van der Waals surface area contributed by atoms with Crippen LogP contribution in [0.25, 0.3) is 6.08 Å². The van der Waals surface area contributed by atoms with E-state index in [0.29, 0.717) is 5.56 Å². The van der Waals surface area contributed by atoms with Crippen LogP contribution in [-0.4, -0.2) is 18.9 Å². The summed E-state index contributed by atoms with van der Waals surface area (Å²) >= 11 is 0. The fourth-order valence-electron chi connectivity index (χ4n) is 0.917. The van der Waals surface area contributed by atoms with Crippen molar-refractivity contribution in [3.05, 3.63) is 35.9 Å². The summed E-state index contributed by atoms with van der Waals surface area (Å²) in [6.45, 7) is 0. The van der Waals surface area contributed by atoms with Crippen LogP contribution in [0.5, 0.6) is 5.75 Å². The van der Waals surface area contributed by atoms with Crippen molar-refractivity contribution in [3.8, 4) is 5.75 Å². The number of benzene rings is 1. The summed E-state index contributed by atoms with van der Waals surface area (Å²) in [7, 11) is -4.79. The van der Waals surface area contributed by atoms with Gasteiger partial charge in [-0.1, -0.05) is 18.2 Å². The summed E-state index contributed by atoms with van der Waals surface area (Å²) in [6, 6.07) is 5.23. The molecule has 1 aromatic carbocycles. The summed E-state index contributed by atoms with van der Waals surface area (Å²) in [6.07, 6.45) is 2.07. The zero-order valence-corrected chi connectivity index (χ0v) is 14.6. The zero-order valence-electron chi connectivity index (χ0n) is 9.82. The predicted molar refractivity (Wildman–Crippen MR) is 50.8 cm³/mol. The zero-order chi connectivity index (χ0) is 12.2. The maximum atomic E-state index is 10.2. The molecule has 0 saturated carbocycles. The van der Waals surface area contributed by atoms with Gasteiger partial charge in [-0.05, 0) is 23.8 Å². The average molecular weight is 288 g/mol. The average Bonchev–Trinajstić information content (AvgIpc) is 2.14. The van der Waals surface area contributed by atoms with Gasteiger partial charge in [-0.2, -0.15) is 0 Å². The molecule has 0 aliphatic heterocycles. The molecule has 9 heteroatoms. The van der Waals surface area contributed by atoms with Crippen LogP contribution in [0.2, 0.25) is 0 Å². The van der Waals surface area contributed by atoms with Crippen LogP contribution >= 0.6 is 0 Å². The molecule has 86 valence electrons. The van der Waals surface area contributed by atoms with Gasteiger partial charge in [0, 0.05) is 0 Å². The first-order valence-electron chi connectivity index (χ1n) is 4.01. The minimum atomic E-state index is -4.79. The second-order valence-electron chi connectivity index (χ2n) is 2.71. The van der Waals surface area contributed by atoms with E-state index in [-0.39, 0.29) is 64.9 Å². The standard InChI is InChI=1S/C9H8O6S.2Na/c10-9(11)6-3-7-1-4-8(5-2-7)15-16(12,13)14;;/h1-6H,(H,10,11)(H,12,13,14);;/q;2*+1/p-2/b6-3+;;. The summed E-state index contributed by atoms with van der Waals surface area (Å²) < 4.78 is 34.7. The SMILES string of the molecule is O=C([O-])/C=C/c1ccc(OS(=O)(=O)[O-])cc1.[Na+].[Na+]. The Morgan fingerprint density at radius 2 is 1.67 bits per heavy atom. The summed E-state index contributed by atoms with van der Waals surface area (Å²) in [5, 5.41) is 10.1. The minimum Gasteiger partial charge on any atom is -0.716 e. The molecule has 0 fully saturated rings. The van der Waals surface area contributed by atoms with E-state index in [4.69, 9.17) is 0 Å². The molecule has 18 heavy (non-hydrogen) atoms. The monoisotopic (exact) mass is 288 g/mol. The quantitative estimate of drug-likeness (QED) is 0.236. The minimum absolute atomic E-state index is 0. The predicted octanol–water partition coefficient (Wildman–Crippen LogP) is -6.70. The molecule has 0 N–H and O–H groups in total. The second kappa shape index (κ2) is 9.11. The second-order valence-corrected chi connectivity index (χ2v) is 3.70. The Hall–Kier alpha value is 0.140. The molecule has 6 nitrogen and oxygen atoms in total. The first-order chi connectivity index (χ1) is 7.37. The van der Waals surface area contributed by atoms with Gasteiger partial charge in [0.15, 0.2) is 0 Å². The maximum Gasteiger partial charge on any atom is 1.00 e. The molecule has 1 rings (SSSR count). The van der Waals surface area contributed by atoms with Gasteiger partial charge in [0.05, 0.1) is 5.97 Å². The van der Waals surface area contributed by atoms with Gasteiger partial charge in [-0.25, -0.2) is 8.42 Å². The molecule has 0 bridgehead atoms. The van der Waals surface area contributed by atoms with Crippen LogP contribution in [0.15, 0.2) is 30.3 Å². The summed E-state index contributed by atoms with van der Waals surface area (Å²) in [5.41, 5.74) is 0.500. The number of carboxylic acid groups (broad SMARTS) is 1. The van der Waals surface area contributed by atoms with E-state index in [2.05, 4.69) is 4.18 Å². The Bertz CT molecular complexity index is 508. The molecule has 0 aliphatic carbocycles. The molecule has 0 amide bonds. The third-order valence-corrected chi connectivity index (χ3v) is 1.89. The van der Waals surface area contributed by atoms with Crippen LogP contribution in [0.3, 0.4) is 0 Å². The molecular formula is C9H6Na2O6S. The normalized spacial score (nSPS) is 10.3. The number of hydrogen-bond donors (Lipinski definition) is 0. The molecule has 0 aliphatic rings. The van der Waals surface area contributed by atoms with E-state index >= 15 is 0 Å². The van der Waals surface area contributed by atoms with Gasteiger partial charge in [-0.15, -0.1) is 0 Å². The van der Waals surface area contributed by atoms with Crippen molar-refractivity contribution in [2.45, 2.75) is 0 Å². The fraction of sp³-hybridized carbons (Fsp3) is 0. The van der Waals surface area contributed by atoms with Crippen molar-refractivity contribution >= 4 is 22.4 Å². The van der Waals surface area contributed by atoms with Crippen molar-refractivity contribution < 1.29 is 86.2 Å². The van der Waals surface area contributed by atoms with Gasteiger partial charge in [0.25, 0.3) is 10.4 Å². The van der Waals surface area contributed by atoms with Crippen molar-refractivity contribution in [3.63, 3.8) is 0 Å². The van der Waals surface area contributed by atoms with E-state index in [0.717, 1.165) is 6.08 Å². The Morgan fingerprint density at radius 3 is 2.06 bits per heavy atom. The van der Waals surface area contributed by atoms with Crippen molar-refractivity contribution in [1.29, 1.82) is 0 Å². The molecule has 0 radical (unpaired) electrons. The topological polar surface area (TPSA) is 107 Å². The van der Waals surface area contributed by atoms with Crippen LogP contribution in [-0.2, 0) is 15.2 Å². The maximum absolute atomic E-state index is 10.2. The van der Waals surface area contributed by atoms with Gasteiger partial charge in [-0.3, -0.25) is 0 Å². The van der Waals surface area contributed by atoms with E-state index < -0.39 is 16.4 Å². The smallest absolute Gasteiger partial charge is 0.716 e. The molecule has 0 heterocycles. The van der Waals surface area contributed by atoms with Crippen molar-refractivity contribution in [2.75, 3.05) is 0 Å². The van der Waals surface area contributed by atoms with E-state index in [9.17, 15) is 22.9 Å². The Balaban J connectivity index is 0. The largest absolute Gasteiger partial charge is 1.00 e. The van der Waals surface area contributed by atoms with Crippen LogP contribution in [0.4, 0.5) is 0 Å². The third kappa shape index (κ3) is 9.12. The number of aliphatic carboxylic acids is 1. The Labute approximate surface area is 149 Å². The Morgan fingerprint density at radius 1 is 1.17 bits per heavy atom. The van der Waals surface area contributed by atoms with E-state index in [1.807, 2.05) is 0 Å². The fourth-order valence-corrected chi connectivity index (χ4v) is 1.26. The van der Waals surface area contributed by atoms with Crippen LogP contribution in [0.1, 0.15) is 5.56 Å². The number of hydrogen-bond acceptors (Lipinski definition) is 6. The van der Waals surface area contributed by atoms with Crippen molar-refractivity contribution in [1.82, 2.24) is 0 Å². The van der Waals surface area contributed by atoms with Crippen molar-refractivity contribution in [2.24, 2.45) is 0 Å². The number of carbonyl (C=O) groups is 1. The molecule has 0 saturated heterocycles. The Kier molecular flexibility index (Phi) is 10.4. The third-order valence-electron chi connectivity index (χ3n) is 1.49. The molecule has 0 atom stereocenters. The first kappa shape index (κ1) is 20.5. The molecular weight excluding hydrogens is 282 g/mol.